The maximum absolute atomic E-state index is 4.98. The minimum absolute atomic E-state index is 0.977. The molecule has 5 aromatic carbocycles. The van der Waals surface area contributed by atoms with Crippen molar-refractivity contribution >= 4 is 38.2 Å². The maximum atomic E-state index is 4.98. The number of pyridine rings is 1. The SMILES string of the molecule is c1ccc(-c2cccc(-c3ccc4c(c3)c3ccccc3c3nc5ccccn5c43)c2)cc1. The topological polar surface area (TPSA) is 17.3 Å². The third-order valence-corrected chi connectivity index (χ3v) is 6.58. The molecule has 0 amide bonds. The highest BCUT2D eigenvalue weighted by molar-refractivity contribution is 6.24. The zero-order valence-corrected chi connectivity index (χ0v) is 17.9. The summed E-state index contributed by atoms with van der Waals surface area (Å²) < 4.78 is 2.21. The van der Waals surface area contributed by atoms with Gasteiger partial charge in [-0.15, -0.1) is 0 Å². The number of rotatable bonds is 2. The Morgan fingerprint density at radius 2 is 1.15 bits per heavy atom. The summed E-state index contributed by atoms with van der Waals surface area (Å²) in [5, 5.41) is 4.92. The lowest BCUT2D eigenvalue weighted by Gasteiger charge is -2.11. The molecule has 0 spiro atoms. The van der Waals surface area contributed by atoms with Crippen LogP contribution in [0.2, 0.25) is 0 Å². The Kier molecular flexibility index (Phi) is 3.88. The molecule has 2 aromatic heterocycles. The summed E-state index contributed by atoms with van der Waals surface area (Å²) >= 11 is 0. The predicted molar refractivity (Wildman–Crippen MR) is 139 cm³/mol. The average Bonchev–Trinajstić information content (AvgIpc) is 3.29. The smallest absolute Gasteiger partial charge is 0.137 e. The summed E-state index contributed by atoms with van der Waals surface area (Å²) in [6.07, 6.45) is 2.11. The predicted octanol–water partition coefficient (Wildman–Crippen LogP) is 8.13. The van der Waals surface area contributed by atoms with Crippen LogP contribution < -0.4 is 0 Å². The van der Waals surface area contributed by atoms with Crippen molar-refractivity contribution in [2.24, 2.45) is 0 Å². The van der Waals surface area contributed by atoms with E-state index in [4.69, 9.17) is 4.98 Å². The van der Waals surface area contributed by atoms with Crippen molar-refractivity contribution in [1.29, 1.82) is 0 Å². The molecule has 0 aliphatic carbocycles. The lowest BCUT2D eigenvalue weighted by molar-refractivity contribution is 1.23. The third-order valence-electron chi connectivity index (χ3n) is 6.58. The Balaban J connectivity index is 1.53. The average molecular weight is 421 g/mol. The second-order valence-electron chi connectivity index (χ2n) is 8.49. The molecule has 2 heteroatoms. The zero-order valence-electron chi connectivity index (χ0n) is 17.9. The van der Waals surface area contributed by atoms with Crippen molar-refractivity contribution in [3.05, 3.63) is 121 Å². The van der Waals surface area contributed by atoms with E-state index in [0.29, 0.717) is 0 Å². The zero-order chi connectivity index (χ0) is 21.8. The van der Waals surface area contributed by atoms with E-state index in [0.717, 1.165) is 11.2 Å². The molecule has 154 valence electrons. The molecule has 0 atom stereocenters. The highest BCUT2D eigenvalue weighted by atomic mass is 15.0. The van der Waals surface area contributed by atoms with Crippen molar-refractivity contribution < 1.29 is 0 Å². The number of imidazole rings is 1. The van der Waals surface area contributed by atoms with Crippen LogP contribution in [0.4, 0.5) is 0 Å². The summed E-state index contributed by atoms with van der Waals surface area (Å²) in [4.78, 5) is 4.98. The minimum Gasteiger partial charge on any atom is -0.299 e. The first-order valence-electron chi connectivity index (χ1n) is 11.2. The van der Waals surface area contributed by atoms with Crippen molar-refractivity contribution in [2.75, 3.05) is 0 Å². The number of nitrogens with zero attached hydrogens (tertiary/aromatic N) is 2. The third kappa shape index (κ3) is 2.78. The summed E-state index contributed by atoms with van der Waals surface area (Å²) in [6, 6.07) is 41.0. The fraction of sp³-hybridized carbons (Fsp3) is 0. The molecule has 7 rings (SSSR count). The van der Waals surface area contributed by atoms with Crippen LogP contribution in [0.15, 0.2) is 121 Å². The molecule has 0 radical (unpaired) electrons. The van der Waals surface area contributed by atoms with Gasteiger partial charge in [-0.25, -0.2) is 4.98 Å². The molecule has 2 nitrogen and oxygen atoms in total. The van der Waals surface area contributed by atoms with Crippen LogP contribution in [-0.2, 0) is 0 Å². The molecule has 33 heavy (non-hydrogen) atoms. The second kappa shape index (κ2) is 7.04. The van der Waals surface area contributed by atoms with Gasteiger partial charge in [-0.05, 0) is 57.3 Å². The first kappa shape index (κ1) is 18.2. The Morgan fingerprint density at radius 1 is 0.455 bits per heavy atom. The van der Waals surface area contributed by atoms with Gasteiger partial charge in [0.2, 0.25) is 0 Å². The molecular weight excluding hydrogens is 400 g/mol. The van der Waals surface area contributed by atoms with Crippen LogP contribution in [0, 0.1) is 0 Å². The van der Waals surface area contributed by atoms with Gasteiger partial charge in [-0.1, -0.05) is 91.0 Å². The molecule has 0 aliphatic heterocycles. The first-order chi connectivity index (χ1) is 16.4. The van der Waals surface area contributed by atoms with Gasteiger partial charge in [0, 0.05) is 17.0 Å². The second-order valence-corrected chi connectivity index (χ2v) is 8.49. The molecule has 0 saturated heterocycles. The molecular formula is C31H20N2. The highest BCUT2D eigenvalue weighted by Crippen LogP contribution is 2.37. The molecule has 2 heterocycles. The number of benzene rings is 5. The Bertz CT molecular complexity index is 1810. The van der Waals surface area contributed by atoms with E-state index < -0.39 is 0 Å². The van der Waals surface area contributed by atoms with Crippen LogP contribution >= 0.6 is 0 Å². The van der Waals surface area contributed by atoms with Crippen molar-refractivity contribution in [3.8, 4) is 22.3 Å². The van der Waals surface area contributed by atoms with Crippen molar-refractivity contribution in [2.45, 2.75) is 0 Å². The Morgan fingerprint density at radius 3 is 2.03 bits per heavy atom. The fourth-order valence-electron chi connectivity index (χ4n) is 5.03. The van der Waals surface area contributed by atoms with E-state index in [1.54, 1.807) is 0 Å². The molecule has 0 bridgehead atoms. The normalized spacial score (nSPS) is 11.6. The molecule has 0 fully saturated rings. The van der Waals surface area contributed by atoms with Crippen molar-refractivity contribution in [1.82, 2.24) is 9.38 Å². The van der Waals surface area contributed by atoms with Crippen LogP contribution in [0.1, 0.15) is 0 Å². The van der Waals surface area contributed by atoms with Crippen LogP contribution in [0.5, 0.6) is 0 Å². The van der Waals surface area contributed by atoms with Gasteiger partial charge in [0.15, 0.2) is 0 Å². The molecule has 0 N–H and O–H groups in total. The van der Waals surface area contributed by atoms with Gasteiger partial charge < -0.3 is 0 Å². The van der Waals surface area contributed by atoms with E-state index in [1.807, 2.05) is 6.07 Å². The lowest BCUT2D eigenvalue weighted by atomic mass is 9.94. The summed E-state index contributed by atoms with van der Waals surface area (Å²) in [6.45, 7) is 0. The maximum Gasteiger partial charge on any atom is 0.137 e. The van der Waals surface area contributed by atoms with Crippen LogP contribution in [0.3, 0.4) is 0 Å². The molecule has 0 unspecified atom stereocenters. The largest absolute Gasteiger partial charge is 0.299 e. The molecule has 7 aromatic rings. The summed E-state index contributed by atoms with van der Waals surface area (Å²) in [5.74, 6) is 0. The van der Waals surface area contributed by atoms with E-state index >= 15 is 0 Å². The van der Waals surface area contributed by atoms with Gasteiger partial charge in [0.05, 0.1) is 11.0 Å². The highest BCUT2D eigenvalue weighted by Gasteiger charge is 2.14. The van der Waals surface area contributed by atoms with E-state index in [9.17, 15) is 0 Å². The number of aromatic nitrogens is 2. The standard InChI is InChI=1S/C31H20N2/c1-2-9-21(10-3-1)22-11-8-12-23(19-22)24-16-17-27-28(20-24)25-13-4-5-14-26(25)30-31(27)33-18-7-6-15-29(33)32-30/h1-20H. The monoisotopic (exact) mass is 420 g/mol. The summed E-state index contributed by atoms with van der Waals surface area (Å²) in [5.41, 5.74) is 8.12. The van der Waals surface area contributed by atoms with Gasteiger partial charge in [0.1, 0.15) is 5.65 Å². The molecule has 0 aliphatic rings. The van der Waals surface area contributed by atoms with Crippen LogP contribution in [0.25, 0.3) is 60.5 Å². The first-order valence-corrected chi connectivity index (χ1v) is 11.2. The fourth-order valence-corrected chi connectivity index (χ4v) is 5.03. The van der Waals surface area contributed by atoms with E-state index in [2.05, 4.69) is 120 Å². The Hall–Kier alpha value is -4.43. The van der Waals surface area contributed by atoms with Gasteiger partial charge in [0.25, 0.3) is 0 Å². The van der Waals surface area contributed by atoms with E-state index in [-0.39, 0.29) is 0 Å². The summed E-state index contributed by atoms with van der Waals surface area (Å²) in [7, 11) is 0. The van der Waals surface area contributed by atoms with E-state index in [1.165, 1.54) is 49.3 Å². The van der Waals surface area contributed by atoms with Gasteiger partial charge >= 0.3 is 0 Å². The van der Waals surface area contributed by atoms with Gasteiger partial charge in [-0.3, -0.25) is 4.40 Å². The Labute approximate surface area is 191 Å². The molecule has 0 saturated carbocycles. The number of hydrogen-bond donors (Lipinski definition) is 0. The quantitative estimate of drug-likeness (QED) is 0.258. The number of fused-ring (bicyclic) bond motifs is 8. The minimum atomic E-state index is 0.977. The van der Waals surface area contributed by atoms with Crippen molar-refractivity contribution in [3.63, 3.8) is 0 Å². The van der Waals surface area contributed by atoms with Crippen LogP contribution in [-0.4, -0.2) is 9.38 Å². The lowest BCUT2D eigenvalue weighted by Crippen LogP contribution is -1.87. The van der Waals surface area contributed by atoms with Gasteiger partial charge in [-0.2, -0.15) is 0 Å². The number of hydrogen-bond acceptors (Lipinski definition) is 1.